The molecule has 0 aliphatic rings. The highest BCUT2D eigenvalue weighted by Gasteiger charge is 2.09. The van der Waals surface area contributed by atoms with Crippen molar-refractivity contribution in [1.82, 2.24) is 5.43 Å². The number of benzene rings is 2. The van der Waals surface area contributed by atoms with Gasteiger partial charge in [-0.1, -0.05) is 12.1 Å². The van der Waals surface area contributed by atoms with Crippen LogP contribution in [0.1, 0.15) is 26.5 Å². The average Bonchev–Trinajstić information content (AvgIpc) is 3.22. The van der Waals surface area contributed by atoms with Gasteiger partial charge < -0.3 is 13.9 Å². The Labute approximate surface area is 180 Å². The van der Waals surface area contributed by atoms with Crippen molar-refractivity contribution < 1.29 is 23.5 Å². The minimum Gasteiger partial charge on any atom is -0.496 e. The fourth-order valence-electron chi connectivity index (χ4n) is 2.49. The van der Waals surface area contributed by atoms with Crippen molar-refractivity contribution >= 4 is 40.7 Å². The number of furan rings is 1. The third-order valence-corrected chi connectivity index (χ3v) is 4.88. The number of esters is 1. The SMILES string of the molecule is COC(=O)c1ccc(-c2ccc(/C=N\NC(=O)c3ccc(I)c(OC)c3)o2)cc1. The first kappa shape index (κ1) is 20.6. The molecule has 148 valence electrons. The second-order valence-corrected chi connectivity index (χ2v) is 6.98. The van der Waals surface area contributed by atoms with Gasteiger partial charge in [-0.2, -0.15) is 5.10 Å². The van der Waals surface area contributed by atoms with Crippen LogP contribution >= 0.6 is 22.6 Å². The molecule has 0 unspecified atom stereocenters. The number of halogens is 1. The second-order valence-electron chi connectivity index (χ2n) is 5.82. The molecule has 1 aromatic heterocycles. The lowest BCUT2D eigenvalue weighted by Gasteiger charge is -2.05. The highest BCUT2D eigenvalue weighted by Crippen LogP contribution is 2.23. The van der Waals surface area contributed by atoms with E-state index in [1.165, 1.54) is 13.3 Å². The molecule has 0 aliphatic heterocycles. The smallest absolute Gasteiger partial charge is 0.337 e. The van der Waals surface area contributed by atoms with E-state index in [-0.39, 0.29) is 5.91 Å². The van der Waals surface area contributed by atoms with E-state index >= 15 is 0 Å². The topological polar surface area (TPSA) is 90.1 Å². The maximum Gasteiger partial charge on any atom is 0.337 e. The van der Waals surface area contributed by atoms with Gasteiger partial charge in [-0.15, -0.1) is 0 Å². The maximum atomic E-state index is 12.2. The summed E-state index contributed by atoms with van der Waals surface area (Å²) in [6.45, 7) is 0. The highest BCUT2D eigenvalue weighted by atomic mass is 127. The molecule has 0 spiro atoms. The molecule has 2 aromatic carbocycles. The van der Waals surface area contributed by atoms with E-state index in [1.54, 1.807) is 61.7 Å². The monoisotopic (exact) mass is 504 g/mol. The van der Waals surface area contributed by atoms with Crippen LogP contribution in [0.2, 0.25) is 0 Å². The molecule has 0 bridgehead atoms. The van der Waals surface area contributed by atoms with Gasteiger partial charge in [-0.05, 0) is 65.1 Å². The van der Waals surface area contributed by atoms with Gasteiger partial charge >= 0.3 is 5.97 Å². The van der Waals surface area contributed by atoms with Gasteiger partial charge in [0.2, 0.25) is 0 Å². The highest BCUT2D eigenvalue weighted by molar-refractivity contribution is 14.1. The number of ether oxygens (including phenoxy) is 2. The van der Waals surface area contributed by atoms with Crippen LogP contribution in [-0.4, -0.2) is 32.3 Å². The molecule has 29 heavy (non-hydrogen) atoms. The number of nitrogens with one attached hydrogen (secondary N) is 1. The van der Waals surface area contributed by atoms with Gasteiger partial charge in [-0.25, -0.2) is 10.2 Å². The molecule has 8 heteroatoms. The van der Waals surface area contributed by atoms with E-state index in [4.69, 9.17) is 9.15 Å². The van der Waals surface area contributed by atoms with Gasteiger partial charge in [0, 0.05) is 11.1 Å². The average molecular weight is 504 g/mol. The lowest BCUT2D eigenvalue weighted by atomic mass is 10.1. The molecule has 0 atom stereocenters. The van der Waals surface area contributed by atoms with E-state index in [2.05, 4.69) is 37.9 Å². The standard InChI is InChI=1S/C21H17IN2O5/c1-27-19-11-15(7-9-17(19)22)20(25)24-23-12-16-8-10-18(29-16)13-3-5-14(6-4-13)21(26)28-2/h3-12H,1-2H3,(H,24,25)/b23-12-. The number of nitrogens with zero attached hydrogens (tertiary/aromatic N) is 1. The fourth-order valence-corrected chi connectivity index (χ4v) is 3.04. The second kappa shape index (κ2) is 9.37. The van der Waals surface area contributed by atoms with Crippen molar-refractivity contribution in [3.05, 3.63) is 75.1 Å². The zero-order chi connectivity index (χ0) is 20.8. The summed E-state index contributed by atoms with van der Waals surface area (Å²) in [5.41, 5.74) is 4.15. The molecule has 1 heterocycles. The molecule has 0 aliphatic carbocycles. The van der Waals surface area contributed by atoms with Crippen LogP contribution in [0.3, 0.4) is 0 Å². The molecule has 0 saturated heterocycles. The molecular formula is C21H17IN2O5. The van der Waals surface area contributed by atoms with Crippen molar-refractivity contribution in [2.45, 2.75) is 0 Å². The van der Waals surface area contributed by atoms with Crippen LogP contribution < -0.4 is 10.2 Å². The van der Waals surface area contributed by atoms with Crippen molar-refractivity contribution in [3.8, 4) is 17.1 Å². The zero-order valence-corrected chi connectivity index (χ0v) is 17.8. The summed E-state index contributed by atoms with van der Waals surface area (Å²) in [7, 11) is 2.89. The Morgan fingerprint density at radius 3 is 2.45 bits per heavy atom. The van der Waals surface area contributed by atoms with Crippen LogP contribution in [-0.2, 0) is 4.74 Å². The van der Waals surface area contributed by atoms with Crippen LogP contribution in [0.5, 0.6) is 5.75 Å². The lowest BCUT2D eigenvalue weighted by Crippen LogP contribution is -2.17. The molecule has 0 radical (unpaired) electrons. The summed E-state index contributed by atoms with van der Waals surface area (Å²) >= 11 is 2.13. The first-order valence-corrected chi connectivity index (χ1v) is 9.55. The predicted molar refractivity (Wildman–Crippen MR) is 116 cm³/mol. The van der Waals surface area contributed by atoms with Crippen LogP contribution in [0.4, 0.5) is 0 Å². The summed E-state index contributed by atoms with van der Waals surface area (Å²) < 4.78 is 16.5. The number of hydrogen-bond acceptors (Lipinski definition) is 6. The van der Waals surface area contributed by atoms with Crippen LogP contribution in [0, 0.1) is 3.57 Å². The molecule has 7 nitrogen and oxygen atoms in total. The zero-order valence-electron chi connectivity index (χ0n) is 15.6. The molecule has 3 aromatic rings. The number of amides is 1. The summed E-state index contributed by atoms with van der Waals surface area (Å²) in [5.74, 6) is 0.941. The number of methoxy groups -OCH3 is 2. The van der Waals surface area contributed by atoms with Gasteiger partial charge in [0.1, 0.15) is 17.3 Å². The van der Waals surface area contributed by atoms with Crippen LogP contribution in [0.25, 0.3) is 11.3 Å². The Hall–Kier alpha value is -3.14. The lowest BCUT2D eigenvalue weighted by molar-refractivity contribution is 0.0600. The Balaban J connectivity index is 1.64. The third-order valence-electron chi connectivity index (χ3n) is 3.99. The summed E-state index contributed by atoms with van der Waals surface area (Å²) in [5, 5.41) is 3.93. The van der Waals surface area contributed by atoms with Gasteiger partial charge in [-0.3, -0.25) is 4.79 Å². The Morgan fingerprint density at radius 1 is 1.03 bits per heavy atom. The summed E-state index contributed by atoms with van der Waals surface area (Å²) in [6, 6.07) is 15.5. The number of rotatable bonds is 6. The number of hydrazone groups is 1. The van der Waals surface area contributed by atoms with E-state index in [9.17, 15) is 9.59 Å². The van der Waals surface area contributed by atoms with Crippen molar-refractivity contribution in [1.29, 1.82) is 0 Å². The Kier molecular flexibility index (Phi) is 6.65. The molecule has 1 amide bonds. The van der Waals surface area contributed by atoms with Crippen molar-refractivity contribution in [2.75, 3.05) is 14.2 Å². The minimum atomic E-state index is -0.398. The minimum absolute atomic E-state index is 0.360. The molecule has 3 rings (SSSR count). The van der Waals surface area contributed by atoms with E-state index in [1.807, 2.05) is 0 Å². The molecule has 0 saturated carbocycles. The maximum absolute atomic E-state index is 12.2. The van der Waals surface area contributed by atoms with E-state index in [0.717, 1.165) is 9.13 Å². The van der Waals surface area contributed by atoms with Crippen LogP contribution in [0.15, 0.2) is 64.1 Å². The van der Waals surface area contributed by atoms with E-state index in [0.29, 0.717) is 28.4 Å². The summed E-state index contributed by atoms with van der Waals surface area (Å²) in [6.07, 6.45) is 1.41. The number of carbonyl (C=O) groups excluding carboxylic acids is 2. The number of carbonyl (C=O) groups is 2. The summed E-state index contributed by atoms with van der Waals surface area (Å²) in [4.78, 5) is 23.7. The van der Waals surface area contributed by atoms with Gasteiger partial charge in [0.15, 0.2) is 0 Å². The third kappa shape index (κ3) is 5.02. The molecule has 1 N–H and O–H groups in total. The Morgan fingerprint density at radius 2 is 1.76 bits per heavy atom. The largest absolute Gasteiger partial charge is 0.496 e. The number of hydrogen-bond donors (Lipinski definition) is 1. The molecule has 0 fully saturated rings. The Bertz CT molecular complexity index is 1060. The van der Waals surface area contributed by atoms with Gasteiger partial charge in [0.25, 0.3) is 5.91 Å². The van der Waals surface area contributed by atoms with Gasteiger partial charge in [0.05, 0.1) is 29.6 Å². The quantitative estimate of drug-likeness (QED) is 0.236. The first-order valence-electron chi connectivity index (χ1n) is 8.47. The van der Waals surface area contributed by atoms with Crippen molar-refractivity contribution in [3.63, 3.8) is 0 Å². The molecular weight excluding hydrogens is 487 g/mol. The van der Waals surface area contributed by atoms with E-state index < -0.39 is 5.97 Å². The normalized spacial score (nSPS) is 10.7. The first-order chi connectivity index (χ1) is 14.0. The fraction of sp³-hybridized carbons (Fsp3) is 0.0952. The van der Waals surface area contributed by atoms with Crippen molar-refractivity contribution in [2.24, 2.45) is 5.10 Å². The predicted octanol–water partition coefficient (Wildman–Crippen LogP) is 4.11.